The molecule has 1 fully saturated rings. The van der Waals surface area contributed by atoms with Gasteiger partial charge in [-0.15, -0.1) is 0 Å². The van der Waals surface area contributed by atoms with Crippen LogP contribution < -0.4 is 5.32 Å². The second-order valence-corrected chi connectivity index (χ2v) is 4.68. The Labute approximate surface area is 101 Å². The van der Waals surface area contributed by atoms with Crippen molar-refractivity contribution in [2.45, 2.75) is 12.0 Å². The van der Waals surface area contributed by atoms with E-state index in [4.69, 9.17) is 0 Å². The predicted molar refractivity (Wildman–Crippen MR) is 65.8 cm³/mol. The Bertz CT molecular complexity index is 386. The maximum Gasteiger partial charge on any atom is 0.253 e. The van der Waals surface area contributed by atoms with Crippen molar-refractivity contribution in [3.63, 3.8) is 0 Å². The second-order valence-electron chi connectivity index (χ2n) is 4.68. The van der Waals surface area contributed by atoms with Crippen molar-refractivity contribution in [3.05, 3.63) is 35.9 Å². The van der Waals surface area contributed by atoms with Crippen LogP contribution in [0.2, 0.25) is 0 Å². The van der Waals surface area contributed by atoms with Crippen molar-refractivity contribution in [2.75, 3.05) is 26.7 Å². The summed E-state index contributed by atoms with van der Waals surface area (Å²) in [5, 5.41) is 13.3. The molecule has 1 heterocycles. The molecular weight excluding hydrogens is 216 g/mol. The van der Waals surface area contributed by atoms with Gasteiger partial charge in [-0.2, -0.15) is 0 Å². The highest BCUT2D eigenvalue weighted by Crippen LogP contribution is 2.16. The quantitative estimate of drug-likeness (QED) is 0.800. The summed E-state index contributed by atoms with van der Waals surface area (Å²) in [4.78, 5) is 13.7. The van der Waals surface area contributed by atoms with Crippen LogP contribution in [0.4, 0.5) is 0 Å². The molecule has 1 aromatic carbocycles. The van der Waals surface area contributed by atoms with Crippen LogP contribution in [0.25, 0.3) is 0 Å². The van der Waals surface area contributed by atoms with Crippen LogP contribution in [0.5, 0.6) is 0 Å². The molecule has 1 aromatic rings. The molecule has 4 nitrogen and oxygen atoms in total. The number of benzene rings is 1. The number of likely N-dealkylation sites (N-methyl/N-ethyl adjacent to an activating group) is 1. The normalized spacial score (nSPS) is 23.6. The molecule has 0 radical (unpaired) electrons. The van der Waals surface area contributed by atoms with Crippen LogP contribution in [0.3, 0.4) is 0 Å². The van der Waals surface area contributed by atoms with Gasteiger partial charge in [-0.25, -0.2) is 0 Å². The fourth-order valence-corrected chi connectivity index (χ4v) is 2.18. The maximum absolute atomic E-state index is 12.1. The number of rotatable bonds is 3. The molecule has 92 valence electrons. The summed E-state index contributed by atoms with van der Waals surface area (Å²) >= 11 is 0. The number of carbonyl (C=O) groups excluding carboxylic acids is 1. The van der Waals surface area contributed by atoms with Crippen LogP contribution in [-0.4, -0.2) is 48.2 Å². The van der Waals surface area contributed by atoms with E-state index in [1.165, 1.54) is 0 Å². The highest BCUT2D eigenvalue weighted by molar-refractivity contribution is 5.94. The Morgan fingerprint density at radius 2 is 2.18 bits per heavy atom. The van der Waals surface area contributed by atoms with E-state index >= 15 is 0 Å². The Morgan fingerprint density at radius 3 is 2.76 bits per heavy atom. The standard InChI is InChI=1S/C13H18N2O2/c1-15(10-13(17)7-8-14-9-13)12(16)11-5-3-2-4-6-11/h2-6,14,17H,7-10H2,1H3. The predicted octanol–water partition coefficient (Wildman–Crippen LogP) is 0.483. The van der Waals surface area contributed by atoms with Crippen molar-refractivity contribution in [3.8, 4) is 0 Å². The summed E-state index contributed by atoms with van der Waals surface area (Å²) in [5.74, 6) is -0.0501. The molecule has 1 aliphatic heterocycles. The van der Waals surface area contributed by atoms with Gasteiger partial charge in [0.15, 0.2) is 0 Å². The molecule has 0 saturated carbocycles. The van der Waals surface area contributed by atoms with Crippen LogP contribution in [0, 0.1) is 0 Å². The van der Waals surface area contributed by atoms with E-state index in [0.717, 1.165) is 6.54 Å². The van der Waals surface area contributed by atoms with Gasteiger partial charge in [0.25, 0.3) is 5.91 Å². The number of nitrogens with zero attached hydrogens (tertiary/aromatic N) is 1. The lowest BCUT2D eigenvalue weighted by Crippen LogP contribution is -2.45. The Hall–Kier alpha value is -1.39. The van der Waals surface area contributed by atoms with Crippen LogP contribution in [0.15, 0.2) is 30.3 Å². The number of nitrogens with one attached hydrogen (secondary N) is 1. The van der Waals surface area contributed by atoms with Gasteiger partial charge in [0.1, 0.15) is 0 Å². The monoisotopic (exact) mass is 234 g/mol. The molecule has 0 bridgehead atoms. The van der Waals surface area contributed by atoms with Crippen molar-refractivity contribution in [2.24, 2.45) is 0 Å². The van der Waals surface area contributed by atoms with E-state index in [-0.39, 0.29) is 5.91 Å². The van der Waals surface area contributed by atoms with Crippen molar-refractivity contribution >= 4 is 5.91 Å². The van der Waals surface area contributed by atoms with Crippen molar-refractivity contribution < 1.29 is 9.90 Å². The number of amides is 1. The molecule has 17 heavy (non-hydrogen) atoms. The number of carbonyl (C=O) groups is 1. The van der Waals surface area contributed by atoms with E-state index in [0.29, 0.717) is 25.1 Å². The zero-order chi connectivity index (χ0) is 12.3. The van der Waals surface area contributed by atoms with Gasteiger partial charge in [0.05, 0.1) is 12.1 Å². The second kappa shape index (κ2) is 4.85. The van der Waals surface area contributed by atoms with E-state index < -0.39 is 5.60 Å². The molecule has 0 aromatic heterocycles. The molecule has 1 aliphatic rings. The smallest absolute Gasteiger partial charge is 0.253 e. The molecule has 2 N–H and O–H groups in total. The first-order valence-electron chi connectivity index (χ1n) is 5.84. The van der Waals surface area contributed by atoms with Gasteiger partial charge in [0, 0.05) is 19.2 Å². The zero-order valence-electron chi connectivity index (χ0n) is 10.0. The van der Waals surface area contributed by atoms with Gasteiger partial charge in [-0.05, 0) is 25.1 Å². The van der Waals surface area contributed by atoms with Gasteiger partial charge in [-0.3, -0.25) is 4.79 Å². The summed E-state index contributed by atoms with van der Waals surface area (Å²) in [6.45, 7) is 1.73. The summed E-state index contributed by atoms with van der Waals surface area (Å²) in [6, 6.07) is 9.14. The van der Waals surface area contributed by atoms with Gasteiger partial charge >= 0.3 is 0 Å². The van der Waals surface area contributed by atoms with Crippen LogP contribution in [0.1, 0.15) is 16.8 Å². The first-order chi connectivity index (χ1) is 8.11. The highest BCUT2D eigenvalue weighted by Gasteiger charge is 2.33. The summed E-state index contributed by atoms with van der Waals surface area (Å²) < 4.78 is 0. The summed E-state index contributed by atoms with van der Waals surface area (Å²) in [7, 11) is 1.73. The van der Waals surface area contributed by atoms with E-state index in [1.807, 2.05) is 18.2 Å². The molecule has 0 aliphatic carbocycles. The number of aliphatic hydroxyl groups is 1. The molecule has 4 heteroatoms. The van der Waals surface area contributed by atoms with Crippen molar-refractivity contribution in [1.29, 1.82) is 0 Å². The summed E-state index contributed by atoms with van der Waals surface area (Å²) in [6.07, 6.45) is 0.694. The largest absolute Gasteiger partial charge is 0.387 e. The molecular formula is C13H18N2O2. The lowest BCUT2D eigenvalue weighted by atomic mass is 10.0. The van der Waals surface area contributed by atoms with Gasteiger partial charge < -0.3 is 15.3 Å². The first kappa shape index (κ1) is 12.1. The lowest BCUT2D eigenvalue weighted by molar-refractivity contribution is 0.0252. The molecule has 0 spiro atoms. The van der Waals surface area contributed by atoms with Gasteiger partial charge in [-0.1, -0.05) is 18.2 Å². The highest BCUT2D eigenvalue weighted by atomic mass is 16.3. The van der Waals surface area contributed by atoms with E-state index in [9.17, 15) is 9.90 Å². The Morgan fingerprint density at radius 1 is 1.47 bits per heavy atom. The maximum atomic E-state index is 12.1. The molecule has 1 amide bonds. The SMILES string of the molecule is CN(CC1(O)CCNC1)C(=O)c1ccccc1. The van der Waals surface area contributed by atoms with Crippen LogP contribution in [-0.2, 0) is 0 Å². The average molecular weight is 234 g/mol. The van der Waals surface area contributed by atoms with Crippen molar-refractivity contribution in [1.82, 2.24) is 10.2 Å². The third-order valence-electron chi connectivity index (χ3n) is 3.12. The molecule has 1 atom stereocenters. The molecule has 2 rings (SSSR count). The lowest BCUT2D eigenvalue weighted by Gasteiger charge is -2.28. The van der Waals surface area contributed by atoms with Gasteiger partial charge in [0.2, 0.25) is 0 Å². The Balaban J connectivity index is 2.00. The fourth-order valence-electron chi connectivity index (χ4n) is 2.18. The van der Waals surface area contributed by atoms with E-state index in [1.54, 1.807) is 24.1 Å². The Kier molecular flexibility index (Phi) is 3.45. The minimum Gasteiger partial charge on any atom is -0.387 e. The first-order valence-corrected chi connectivity index (χ1v) is 5.84. The zero-order valence-corrected chi connectivity index (χ0v) is 10.0. The minimum atomic E-state index is -0.779. The minimum absolute atomic E-state index is 0.0501. The third-order valence-corrected chi connectivity index (χ3v) is 3.12. The number of hydrogen-bond acceptors (Lipinski definition) is 3. The topological polar surface area (TPSA) is 52.6 Å². The van der Waals surface area contributed by atoms with Crippen LogP contribution >= 0.6 is 0 Å². The average Bonchev–Trinajstić information content (AvgIpc) is 2.76. The summed E-state index contributed by atoms with van der Waals surface area (Å²) in [5.41, 5.74) is -0.122. The number of β-amino-alcohol motifs (C(OH)–C–C–N with tert-alkyl or cyclic N) is 1. The third kappa shape index (κ3) is 2.84. The number of hydrogen-bond donors (Lipinski definition) is 2. The van der Waals surface area contributed by atoms with E-state index in [2.05, 4.69) is 5.32 Å². The molecule has 1 saturated heterocycles. The molecule has 1 unspecified atom stereocenters. The fraction of sp³-hybridized carbons (Fsp3) is 0.462.